The average Bonchev–Trinajstić information content (AvgIpc) is 1.88. The molecule has 0 aliphatic carbocycles. The van der Waals surface area contributed by atoms with E-state index in [1.807, 2.05) is 6.20 Å². The first-order chi connectivity index (χ1) is 4.72. The Kier molecular flexibility index (Phi) is 2.00. The summed E-state index contributed by atoms with van der Waals surface area (Å²) in [4.78, 5) is 0. The Bertz CT molecular complexity index is 178. The van der Waals surface area contributed by atoms with E-state index >= 15 is 0 Å². The topological polar surface area (TPSA) is 24.1 Å². The van der Waals surface area contributed by atoms with Crippen molar-refractivity contribution in [3.05, 3.63) is 23.5 Å². The van der Waals surface area contributed by atoms with Crippen molar-refractivity contribution in [2.75, 3.05) is 0 Å². The fourth-order valence-corrected chi connectivity index (χ4v) is 1.10. The predicted octanol–water partition coefficient (Wildman–Crippen LogP) is 1.54. The van der Waals surface area contributed by atoms with Crippen molar-refractivity contribution in [1.29, 1.82) is 0 Å². The molecule has 0 aromatic carbocycles. The van der Waals surface area contributed by atoms with Crippen LogP contribution in [0, 0.1) is 5.92 Å². The minimum Gasteiger partial charge on any atom is -0.308 e. The molecule has 1 heterocycles. The van der Waals surface area contributed by atoms with Crippen molar-refractivity contribution in [3.63, 3.8) is 0 Å². The van der Waals surface area contributed by atoms with E-state index in [0.29, 0.717) is 5.92 Å². The first kappa shape index (κ1) is 7.19. The molecular weight excluding hydrogens is 124 g/mol. The van der Waals surface area contributed by atoms with E-state index in [9.17, 15) is 0 Å². The molecule has 1 aliphatic rings. The molecule has 0 saturated heterocycles. The Hall–Kier alpha value is -0.920. The summed E-state index contributed by atoms with van der Waals surface area (Å²) in [5, 5.41) is 0. The number of nitrogens with one attached hydrogen (secondary N) is 2. The van der Waals surface area contributed by atoms with Gasteiger partial charge in [-0.25, -0.2) is 0 Å². The summed E-state index contributed by atoms with van der Waals surface area (Å²) < 4.78 is 0. The molecule has 0 aromatic rings. The van der Waals surface area contributed by atoms with E-state index in [0.717, 1.165) is 0 Å². The third-order valence-corrected chi connectivity index (χ3v) is 1.66. The van der Waals surface area contributed by atoms with Gasteiger partial charge in [0.25, 0.3) is 0 Å². The van der Waals surface area contributed by atoms with Gasteiger partial charge in [0, 0.05) is 11.9 Å². The Morgan fingerprint density at radius 3 is 2.50 bits per heavy atom. The maximum absolute atomic E-state index is 3.06. The Morgan fingerprint density at radius 2 is 2.10 bits per heavy atom. The summed E-state index contributed by atoms with van der Waals surface area (Å²) in [6.45, 7) is 6.46. The van der Waals surface area contributed by atoms with Crippen LogP contribution in [0.15, 0.2) is 23.5 Å². The largest absolute Gasteiger partial charge is 0.308 e. The lowest BCUT2D eigenvalue weighted by Crippen LogP contribution is -2.29. The minimum absolute atomic E-state index is 0.603. The third-order valence-electron chi connectivity index (χ3n) is 1.66. The first-order valence-corrected chi connectivity index (χ1v) is 3.60. The molecule has 0 unspecified atom stereocenters. The molecule has 0 aromatic heterocycles. The molecule has 0 bridgehead atoms. The maximum Gasteiger partial charge on any atom is 0.0317 e. The van der Waals surface area contributed by atoms with E-state index in [4.69, 9.17) is 0 Å². The van der Waals surface area contributed by atoms with Gasteiger partial charge < -0.3 is 10.9 Å². The lowest BCUT2D eigenvalue weighted by atomic mass is 10.0. The number of hydrogen-bond donors (Lipinski definition) is 2. The molecule has 1 aliphatic heterocycles. The summed E-state index contributed by atoms with van der Waals surface area (Å²) in [6.07, 6.45) is 4.03. The highest BCUT2D eigenvalue weighted by Gasteiger charge is 2.05. The summed E-state index contributed by atoms with van der Waals surface area (Å²) >= 11 is 0. The Labute approximate surface area is 62.0 Å². The maximum atomic E-state index is 3.06. The monoisotopic (exact) mass is 138 g/mol. The van der Waals surface area contributed by atoms with Crippen molar-refractivity contribution >= 4 is 0 Å². The van der Waals surface area contributed by atoms with Gasteiger partial charge in [-0.05, 0) is 24.5 Å². The van der Waals surface area contributed by atoms with Crippen LogP contribution in [0.3, 0.4) is 0 Å². The number of allylic oxidation sites excluding steroid dienone is 3. The summed E-state index contributed by atoms with van der Waals surface area (Å²) in [5.41, 5.74) is 8.58. The van der Waals surface area contributed by atoms with Gasteiger partial charge in [-0.1, -0.05) is 13.8 Å². The normalized spacial score (nSPS) is 17.2. The predicted molar refractivity (Wildman–Crippen MR) is 42.9 cm³/mol. The molecule has 2 N–H and O–H groups in total. The fourth-order valence-electron chi connectivity index (χ4n) is 1.10. The molecular formula is C8H14N2. The quantitative estimate of drug-likeness (QED) is 0.574. The van der Waals surface area contributed by atoms with Crippen LogP contribution in [0.1, 0.15) is 20.8 Å². The van der Waals surface area contributed by atoms with Crippen molar-refractivity contribution in [3.8, 4) is 0 Å². The van der Waals surface area contributed by atoms with Gasteiger partial charge in [0.15, 0.2) is 0 Å². The molecule has 2 heteroatoms. The van der Waals surface area contributed by atoms with Gasteiger partial charge in [0.2, 0.25) is 0 Å². The van der Waals surface area contributed by atoms with Gasteiger partial charge in [-0.2, -0.15) is 0 Å². The second kappa shape index (κ2) is 2.78. The highest BCUT2D eigenvalue weighted by atomic mass is 15.3. The number of rotatable bonds is 1. The van der Waals surface area contributed by atoms with Crippen molar-refractivity contribution in [2.45, 2.75) is 20.8 Å². The van der Waals surface area contributed by atoms with Gasteiger partial charge in [0.1, 0.15) is 0 Å². The van der Waals surface area contributed by atoms with Crippen LogP contribution >= 0.6 is 0 Å². The van der Waals surface area contributed by atoms with Gasteiger partial charge in [0.05, 0.1) is 0 Å². The van der Waals surface area contributed by atoms with Crippen molar-refractivity contribution in [1.82, 2.24) is 10.9 Å². The first-order valence-electron chi connectivity index (χ1n) is 3.60. The van der Waals surface area contributed by atoms with Gasteiger partial charge in [-0.3, -0.25) is 0 Å². The van der Waals surface area contributed by atoms with Crippen LogP contribution in [0.5, 0.6) is 0 Å². The van der Waals surface area contributed by atoms with Crippen LogP contribution in [0.2, 0.25) is 0 Å². The SMILES string of the molecule is CC1=C(C(C)C)C=CNN1. The van der Waals surface area contributed by atoms with Crippen LogP contribution in [0.4, 0.5) is 0 Å². The van der Waals surface area contributed by atoms with E-state index in [2.05, 4.69) is 37.7 Å². The molecule has 1 rings (SSSR count). The van der Waals surface area contributed by atoms with E-state index in [-0.39, 0.29) is 0 Å². The smallest absolute Gasteiger partial charge is 0.0317 e. The number of hydrogen-bond acceptors (Lipinski definition) is 2. The van der Waals surface area contributed by atoms with Gasteiger partial charge >= 0.3 is 0 Å². The van der Waals surface area contributed by atoms with Gasteiger partial charge in [-0.15, -0.1) is 0 Å². The highest BCUT2D eigenvalue weighted by molar-refractivity contribution is 5.27. The second-order valence-electron chi connectivity index (χ2n) is 2.84. The van der Waals surface area contributed by atoms with E-state index in [1.165, 1.54) is 11.3 Å². The molecule has 56 valence electrons. The average molecular weight is 138 g/mol. The van der Waals surface area contributed by atoms with E-state index < -0.39 is 0 Å². The lowest BCUT2D eigenvalue weighted by molar-refractivity contribution is 0.665. The molecule has 0 atom stereocenters. The molecule has 10 heavy (non-hydrogen) atoms. The molecule has 0 amide bonds. The lowest BCUT2D eigenvalue weighted by Gasteiger charge is -2.18. The zero-order chi connectivity index (χ0) is 7.56. The third kappa shape index (κ3) is 1.32. The van der Waals surface area contributed by atoms with Crippen LogP contribution in [-0.4, -0.2) is 0 Å². The fraction of sp³-hybridized carbons (Fsp3) is 0.500. The Balaban J connectivity index is 2.79. The van der Waals surface area contributed by atoms with E-state index in [1.54, 1.807) is 0 Å². The Morgan fingerprint density at radius 1 is 1.40 bits per heavy atom. The zero-order valence-corrected chi connectivity index (χ0v) is 6.73. The van der Waals surface area contributed by atoms with Crippen LogP contribution in [0.25, 0.3) is 0 Å². The molecule has 0 saturated carbocycles. The second-order valence-corrected chi connectivity index (χ2v) is 2.84. The zero-order valence-electron chi connectivity index (χ0n) is 6.73. The molecule has 2 nitrogen and oxygen atoms in total. The summed E-state index contributed by atoms with van der Waals surface area (Å²) in [7, 11) is 0. The van der Waals surface area contributed by atoms with Crippen molar-refractivity contribution in [2.24, 2.45) is 5.92 Å². The van der Waals surface area contributed by atoms with Crippen molar-refractivity contribution < 1.29 is 0 Å². The van der Waals surface area contributed by atoms with Crippen LogP contribution < -0.4 is 10.9 Å². The summed E-state index contributed by atoms with van der Waals surface area (Å²) in [6, 6.07) is 0. The molecule has 0 fully saturated rings. The molecule has 0 spiro atoms. The highest BCUT2D eigenvalue weighted by Crippen LogP contribution is 2.15. The minimum atomic E-state index is 0.603. The number of hydrazine groups is 1. The summed E-state index contributed by atoms with van der Waals surface area (Å²) in [5.74, 6) is 0.603. The standard InChI is InChI=1S/C8H14N2/c1-6(2)8-4-5-9-10-7(8)3/h4-6,9-10H,1-3H3. The van der Waals surface area contributed by atoms with Crippen LogP contribution in [-0.2, 0) is 0 Å². The molecule has 0 radical (unpaired) electrons.